The van der Waals surface area contributed by atoms with Crippen LogP contribution < -0.4 is 5.32 Å². The van der Waals surface area contributed by atoms with Gasteiger partial charge in [-0.05, 0) is 37.3 Å². The van der Waals surface area contributed by atoms with Gasteiger partial charge in [-0.25, -0.2) is 0 Å². The van der Waals surface area contributed by atoms with Gasteiger partial charge in [0.1, 0.15) is 6.54 Å². The first-order valence-corrected chi connectivity index (χ1v) is 7.18. The van der Waals surface area contributed by atoms with Crippen LogP contribution in [0.25, 0.3) is 0 Å². The molecule has 0 radical (unpaired) electrons. The lowest BCUT2D eigenvalue weighted by atomic mass is 9.75. The van der Waals surface area contributed by atoms with Crippen molar-refractivity contribution >= 4 is 18.9 Å². The lowest BCUT2D eigenvalue weighted by Gasteiger charge is -2.21. The molecule has 0 aliphatic rings. The Morgan fingerprint density at radius 1 is 1.39 bits per heavy atom. The molecule has 2 amide bonds. The molecule has 0 saturated carbocycles. The van der Waals surface area contributed by atoms with Gasteiger partial charge in [-0.15, -0.1) is 6.42 Å². The molecular formula is C16H21BN2O4. The monoisotopic (exact) mass is 316 g/mol. The number of nitrogens with zero attached hydrogens (tertiary/aromatic N) is 1. The Morgan fingerprint density at radius 3 is 2.57 bits per heavy atom. The summed E-state index contributed by atoms with van der Waals surface area (Å²) >= 11 is 0. The topological polar surface area (TPSA) is 89.9 Å². The second-order valence-electron chi connectivity index (χ2n) is 5.53. The molecule has 0 bridgehead atoms. The number of hydrogen-bond donors (Lipinski definition) is 3. The Hall–Kier alpha value is -2.30. The predicted octanol–water partition coefficient (Wildman–Crippen LogP) is -0.566. The fraction of sp³-hybridized carbons (Fsp3) is 0.375. The second-order valence-corrected chi connectivity index (χ2v) is 5.53. The van der Waals surface area contributed by atoms with Gasteiger partial charge in [-0.1, -0.05) is 23.8 Å². The largest absolute Gasteiger partial charge is 0.475 e. The lowest BCUT2D eigenvalue weighted by molar-refractivity contribution is -0.130. The SMILES string of the molecule is C#CC(=O)N(C)CC(=O)NC(Cc1ccc(C)cc1C)B(O)O. The predicted molar refractivity (Wildman–Crippen MR) is 88.2 cm³/mol. The molecule has 0 aliphatic carbocycles. The average molecular weight is 316 g/mol. The summed E-state index contributed by atoms with van der Waals surface area (Å²) in [6, 6.07) is 5.79. The smallest absolute Gasteiger partial charge is 0.426 e. The average Bonchev–Trinajstić information content (AvgIpc) is 2.47. The molecule has 1 aromatic rings. The molecule has 0 saturated heterocycles. The van der Waals surface area contributed by atoms with E-state index in [-0.39, 0.29) is 13.0 Å². The molecule has 1 unspecified atom stereocenters. The molecule has 0 fully saturated rings. The molecule has 1 atom stereocenters. The highest BCUT2D eigenvalue weighted by Gasteiger charge is 2.26. The van der Waals surface area contributed by atoms with E-state index in [1.165, 1.54) is 7.05 Å². The molecule has 0 spiro atoms. The quantitative estimate of drug-likeness (QED) is 0.484. The molecule has 0 heterocycles. The van der Waals surface area contributed by atoms with Crippen molar-refractivity contribution in [2.24, 2.45) is 0 Å². The molecule has 1 aromatic carbocycles. The molecule has 7 heteroatoms. The maximum absolute atomic E-state index is 11.9. The highest BCUT2D eigenvalue weighted by molar-refractivity contribution is 6.43. The van der Waals surface area contributed by atoms with Crippen molar-refractivity contribution in [1.29, 1.82) is 0 Å². The summed E-state index contributed by atoms with van der Waals surface area (Å²) in [4.78, 5) is 24.2. The van der Waals surface area contributed by atoms with Crippen molar-refractivity contribution < 1.29 is 19.6 Å². The third-order valence-electron chi connectivity index (χ3n) is 3.50. The zero-order valence-corrected chi connectivity index (χ0v) is 13.5. The fourth-order valence-electron chi connectivity index (χ4n) is 2.19. The summed E-state index contributed by atoms with van der Waals surface area (Å²) in [5, 5.41) is 21.5. The van der Waals surface area contributed by atoms with Gasteiger partial charge in [0, 0.05) is 7.05 Å². The summed E-state index contributed by atoms with van der Waals surface area (Å²) in [5.74, 6) is -0.0997. The molecular weight excluding hydrogens is 295 g/mol. The van der Waals surface area contributed by atoms with E-state index in [1.807, 2.05) is 38.0 Å². The number of aryl methyl sites for hydroxylation is 2. The molecule has 0 aromatic heterocycles. The van der Waals surface area contributed by atoms with Gasteiger partial charge in [0.05, 0.1) is 5.94 Å². The highest BCUT2D eigenvalue weighted by Crippen LogP contribution is 2.13. The summed E-state index contributed by atoms with van der Waals surface area (Å²) in [6.45, 7) is 3.64. The van der Waals surface area contributed by atoms with E-state index in [4.69, 9.17) is 6.42 Å². The van der Waals surface area contributed by atoms with E-state index >= 15 is 0 Å². The second kappa shape index (κ2) is 8.37. The van der Waals surface area contributed by atoms with Crippen LogP contribution in [0.4, 0.5) is 0 Å². The van der Waals surface area contributed by atoms with Gasteiger partial charge in [-0.3, -0.25) is 9.59 Å². The van der Waals surface area contributed by atoms with Crippen molar-refractivity contribution in [3.63, 3.8) is 0 Å². The maximum atomic E-state index is 11.9. The van der Waals surface area contributed by atoms with Gasteiger partial charge in [0.15, 0.2) is 0 Å². The third kappa shape index (κ3) is 5.77. The van der Waals surface area contributed by atoms with Crippen LogP contribution in [0.3, 0.4) is 0 Å². The minimum atomic E-state index is -1.71. The van der Waals surface area contributed by atoms with E-state index in [0.717, 1.165) is 21.6 Å². The summed E-state index contributed by atoms with van der Waals surface area (Å²) in [6.07, 6.45) is 5.24. The maximum Gasteiger partial charge on any atom is 0.475 e. The summed E-state index contributed by atoms with van der Waals surface area (Å²) in [7, 11) is -0.315. The van der Waals surface area contributed by atoms with Gasteiger partial charge >= 0.3 is 7.12 Å². The Kier molecular flexibility index (Phi) is 6.82. The first-order chi connectivity index (χ1) is 10.7. The molecule has 23 heavy (non-hydrogen) atoms. The van der Waals surface area contributed by atoms with E-state index in [9.17, 15) is 19.6 Å². The number of rotatable bonds is 6. The number of amides is 2. The van der Waals surface area contributed by atoms with Crippen LogP contribution in [0.5, 0.6) is 0 Å². The Morgan fingerprint density at radius 2 is 2.04 bits per heavy atom. The van der Waals surface area contributed by atoms with Crippen LogP contribution in [0.2, 0.25) is 0 Å². The van der Waals surface area contributed by atoms with Crippen molar-refractivity contribution in [2.45, 2.75) is 26.2 Å². The van der Waals surface area contributed by atoms with Crippen molar-refractivity contribution in [1.82, 2.24) is 10.2 Å². The van der Waals surface area contributed by atoms with E-state index in [1.54, 1.807) is 0 Å². The third-order valence-corrected chi connectivity index (χ3v) is 3.50. The summed E-state index contributed by atoms with van der Waals surface area (Å²) in [5.41, 5.74) is 3.01. The van der Waals surface area contributed by atoms with Gasteiger partial charge in [-0.2, -0.15) is 0 Å². The Labute approximate surface area is 136 Å². The zero-order valence-electron chi connectivity index (χ0n) is 13.5. The number of carbonyl (C=O) groups is 2. The summed E-state index contributed by atoms with van der Waals surface area (Å²) < 4.78 is 0. The first-order valence-electron chi connectivity index (χ1n) is 7.18. The van der Waals surface area contributed by atoms with Crippen LogP contribution in [-0.4, -0.2) is 53.4 Å². The minimum Gasteiger partial charge on any atom is -0.426 e. The van der Waals surface area contributed by atoms with Crippen LogP contribution in [0.15, 0.2) is 18.2 Å². The number of hydrogen-bond acceptors (Lipinski definition) is 4. The van der Waals surface area contributed by atoms with Gasteiger partial charge in [0.2, 0.25) is 5.91 Å². The molecule has 3 N–H and O–H groups in total. The minimum absolute atomic E-state index is 0.251. The van der Waals surface area contributed by atoms with Crippen molar-refractivity contribution in [3.05, 3.63) is 34.9 Å². The molecule has 6 nitrogen and oxygen atoms in total. The number of terminal acetylenes is 1. The van der Waals surface area contributed by atoms with Crippen LogP contribution in [0, 0.1) is 26.2 Å². The van der Waals surface area contributed by atoms with E-state index in [0.29, 0.717) is 0 Å². The number of benzene rings is 1. The van der Waals surface area contributed by atoms with Gasteiger partial charge in [0.25, 0.3) is 5.91 Å². The van der Waals surface area contributed by atoms with E-state index < -0.39 is 24.9 Å². The van der Waals surface area contributed by atoms with Crippen molar-refractivity contribution in [2.75, 3.05) is 13.6 Å². The first kappa shape index (κ1) is 18.8. The zero-order chi connectivity index (χ0) is 17.6. The van der Waals surface area contributed by atoms with Crippen LogP contribution >= 0.6 is 0 Å². The molecule has 0 aliphatic heterocycles. The van der Waals surface area contributed by atoms with Crippen LogP contribution in [-0.2, 0) is 16.0 Å². The van der Waals surface area contributed by atoms with Gasteiger partial charge < -0.3 is 20.3 Å². The highest BCUT2D eigenvalue weighted by atomic mass is 16.4. The normalized spacial score (nSPS) is 11.3. The Balaban J connectivity index is 2.74. The number of carbonyl (C=O) groups excluding carboxylic acids is 2. The molecule has 1 rings (SSSR count). The standard InChI is InChI=1S/C16H21BN2O4/c1-5-16(21)19(4)10-15(20)18-14(17(22)23)9-13-7-6-11(2)8-12(13)3/h1,6-8,14,22-23H,9-10H2,2-4H3,(H,18,20). The fourth-order valence-corrected chi connectivity index (χ4v) is 2.19. The number of nitrogens with one attached hydrogen (secondary N) is 1. The van der Waals surface area contributed by atoms with Crippen molar-refractivity contribution in [3.8, 4) is 12.3 Å². The molecule has 122 valence electrons. The Bertz CT molecular complexity index is 625. The van der Waals surface area contributed by atoms with Crippen LogP contribution in [0.1, 0.15) is 16.7 Å². The lowest BCUT2D eigenvalue weighted by Crippen LogP contribution is -2.50. The number of likely N-dealkylation sites (N-methyl/N-ethyl adjacent to an activating group) is 1. The van der Waals surface area contributed by atoms with E-state index in [2.05, 4.69) is 5.32 Å².